The Morgan fingerprint density at radius 3 is 1.70 bits per heavy atom. The van der Waals surface area contributed by atoms with Crippen LogP contribution in [0.3, 0.4) is 0 Å². The highest BCUT2D eigenvalue weighted by atomic mass is 16.3. The molecule has 4 nitrogen and oxygen atoms in total. The smallest absolute Gasteiger partial charge is 0.231 e. The molecule has 0 atom stereocenters. The quantitative estimate of drug-likeness (QED) is 0.415. The average molecular weight is 145 g/mol. The van der Waals surface area contributed by atoms with Crippen LogP contribution in [-0.2, 0) is 4.79 Å². The van der Waals surface area contributed by atoms with E-state index in [9.17, 15) is 4.79 Å². The summed E-state index contributed by atoms with van der Waals surface area (Å²) in [6.07, 6.45) is 1.41. The molecule has 0 spiro atoms. The number of hydrogen-bond acceptors (Lipinski definition) is 4. The number of carbonyl (C=O) groups excluding carboxylic acids is 1. The first-order valence-electron chi connectivity index (χ1n) is 2.71. The molecule has 0 fully saturated rings. The molecule has 0 saturated heterocycles. The van der Waals surface area contributed by atoms with Crippen molar-refractivity contribution >= 4 is 6.29 Å². The molecule has 0 aromatic heterocycles. The molecule has 0 aliphatic heterocycles. The SMILES string of the molecule is O=[C]C(CO)=C(CO)CO. The first kappa shape index (κ1) is 9.29. The van der Waals surface area contributed by atoms with Crippen LogP contribution in [0.2, 0.25) is 0 Å². The van der Waals surface area contributed by atoms with E-state index in [1.807, 2.05) is 0 Å². The van der Waals surface area contributed by atoms with E-state index >= 15 is 0 Å². The van der Waals surface area contributed by atoms with Gasteiger partial charge in [0.1, 0.15) is 0 Å². The van der Waals surface area contributed by atoms with E-state index in [0.29, 0.717) is 0 Å². The number of hydrogen-bond donors (Lipinski definition) is 3. The van der Waals surface area contributed by atoms with E-state index in [2.05, 4.69) is 0 Å². The fourth-order valence-electron chi connectivity index (χ4n) is 0.457. The van der Waals surface area contributed by atoms with Gasteiger partial charge < -0.3 is 15.3 Å². The van der Waals surface area contributed by atoms with Crippen LogP contribution < -0.4 is 0 Å². The van der Waals surface area contributed by atoms with Gasteiger partial charge in [-0.2, -0.15) is 0 Å². The van der Waals surface area contributed by atoms with Gasteiger partial charge >= 0.3 is 0 Å². The molecule has 0 rings (SSSR count). The zero-order chi connectivity index (χ0) is 7.98. The van der Waals surface area contributed by atoms with E-state index in [4.69, 9.17) is 15.3 Å². The molecular formula is C6H9O4. The van der Waals surface area contributed by atoms with Crippen LogP contribution in [0.15, 0.2) is 11.1 Å². The fourth-order valence-corrected chi connectivity index (χ4v) is 0.457. The first-order valence-corrected chi connectivity index (χ1v) is 2.71. The Morgan fingerprint density at radius 2 is 1.60 bits per heavy atom. The van der Waals surface area contributed by atoms with E-state index < -0.39 is 19.8 Å². The number of rotatable bonds is 4. The van der Waals surface area contributed by atoms with Gasteiger partial charge in [0.05, 0.1) is 19.8 Å². The summed E-state index contributed by atoms with van der Waals surface area (Å²) in [5.74, 6) is 0. The maximum atomic E-state index is 9.93. The topological polar surface area (TPSA) is 77.8 Å². The summed E-state index contributed by atoms with van der Waals surface area (Å²) < 4.78 is 0. The molecule has 0 aromatic carbocycles. The third-order valence-electron chi connectivity index (χ3n) is 1.09. The molecule has 0 bridgehead atoms. The number of aliphatic hydroxyl groups is 3. The summed E-state index contributed by atoms with van der Waals surface area (Å²) in [7, 11) is 0. The predicted octanol–water partition coefficient (Wildman–Crippen LogP) is -1.63. The minimum atomic E-state index is -0.500. The van der Waals surface area contributed by atoms with Gasteiger partial charge in [0.15, 0.2) is 0 Å². The van der Waals surface area contributed by atoms with Crippen LogP contribution in [0.25, 0.3) is 0 Å². The second-order valence-corrected chi connectivity index (χ2v) is 1.66. The number of aliphatic hydroxyl groups excluding tert-OH is 3. The molecule has 4 heteroatoms. The van der Waals surface area contributed by atoms with Crippen molar-refractivity contribution in [3.8, 4) is 0 Å². The van der Waals surface area contributed by atoms with Crippen molar-refractivity contribution in [3.05, 3.63) is 11.1 Å². The average Bonchev–Trinajstić information content (AvgIpc) is 2.00. The van der Waals surface area contributed by atoms with Crippen molar-refractivity contribution < 1.29 is 20.1 Å². The zero-order valence-electron chi connectivity index (χ0n) is 5.37. The van der Waals surface area contributed by atoms with E-state index in [0.717, 1.165) is 0 Å². The molecule has 0 saturated carbocycles. The first-order chi connectivity index (χ1) is 4.79. The van der Waals surface area contributed by atoms with Crippen molar-refractivity contribution in [2.45, 2.75) is 0 Å². The second-order valence-electron chi connectivity index (χ2n) is 1.66. The Bertz CT molecular complexity index is 133. The lowest BCUT2D eigenvalue weighted by atomic mass is 10.1. The molecule has 3 N–H and O–H groups in total. The lowest BCUT2D eigenvalue weighted by Gasteiger charge is -2.00. The molecular weight excluding hydrogens is 136 g/mol. The van der Waals surface area contributed by atoms with Crippen LogP contribution >= 0.6 is 0 Å². The van der Waals surface area contributed by atoms with Gasteiger partial charge in [0.25, 0.3) is 0 Å². The lowest BCUT2D eigenvalue weighted by molar-refractivity contribution is 0.268. The highest BCUT2D eigenvalue weighted by Gasteiger charge is 2.02. The molecule has 0 aromatic rings. The summed E-state index contributed by atoms with van der Waals surface area (Å²) >= 11 is 0. The standard InChI is InChI=1S/C6H9O4/c7-1-5(2-8)6(3-9)4-10/h7-9H,1-3H2. The van der Waals surface area contributed by atoms with Crippen LogP contribution in [0, 0.1) is 0 Å². The maximum Gasteiger partial charge on any atom is 0.231 e. The van der Waals surface area contributed by atoms with E-state index in [1.165, 1.54) is 6.29 Å². The second kappa shape index (κ2) is 5.10. The monoisotopic (exact) mass is 145 g/mol. The van der Waals surface area contributed by atoms with Crippen LogP contribution in [0.5, 0.6) is 0 Å². The molecule has 1 radical (unpaired) electrons. The lowest BCUT2D eigenvalue weighted by Crippen LogP contribution is -2.05. The minimum Gasteiger partial charge on any atom is -0.392 e. The van der Waals surface area contributed by atoms with E-state index in [-0.39, 0.29) is 11.1 Å². The Kier molecular flexibility index (Phi) is 4.74. The van der Waals surface area contributed by atoms with Crippen molar-refractivity contribution in [3.63, 3.8) is 0 Å². The predicted molar refractivity (Wildman–Crippen MR) is 34.0 cm³/mol. The van der Waals surface area contributed by atoms with Crippen molar-refractivity contribution in [1.29, 1.82) is 0 Å². The van der Waals surface area contributed by atoms with Crippen LogP contribution in [0.4, 0.5) is 0 Å². The van der Waals surface area contributed by atoms with Gasteiger partial charge in [-0.1, -0.05) is 0 Å². The summed E-state index contributed by atoms with van der Waals surface area (Å²) in [6.45, 7) is -1.36. The van der Waals surface area contributed by atoms with E-state index in [1.54, 1.807) is 0 Å². The third-order valence-corrected chi connectivity index (χ3v) is 1.09. The molecule has 10 heavy (non-hydrogen) atoms. The molecule has 0 aliphatic rings. The molecule has 57 valence electrons. The summed E-state index contributed by atoms with van der Waals surface area (Å²) in [6, 6.07) is 0. The maximum absolute atomic E-state index is 9.93. The summed E-state index contributed by atoms with van der Waals surface area (Å²) in [5.41, 5.74) is 0.0301. The van der Waals surface area contributed by atoms with Gasteiger partial charge in [-0.05, 0) is 5.57 Å². The third kappa shape index (κ3) is 2.26. The molecule has 0 heterocycles. The van der Waals surface area contributed by atoms with Gasteiger partial charge in [0.2, 0.25) is 6.29 Å². The highest BCUT2D eigenvalue weighted by Crippen LogP contribution is 1.98. The Hall–Kier alpha value is -0.710. The van der Waals surface area contributed by atoms with Gasteiger partial charge in [-0.3, -0.25) is 4.79 Å². The van der Waals surface area contributed by atoms with Crippen molar-refractivity contribution in [2.75, 3.05) is 19.8 Å². The van der Waals surface area contributed by atoms with Crippen molar-refractivity contribution in [1.82, 2.24) is 0 Å². The summed E-state index contributed by atoms with van der Waals surface area (Å²) in [5, 5.41) is 25.3. The van der Waals surface area contributed by atoms with Crippen LogP contribution in [0.1, 0.15) is 0 Å². The molecule has 0 aliphatic carbocycles. The molecule has 0 amide bonds. The zero-order valence-corrected chi connectivity index (χ0v) is 5.37. The van der Waals surface area contributed by atoms with Gasteiger partial charge in [-0.25, -0.2) is 0 Å². The highest BCUT2D eigenvalue weighted by molar-refractivity contribution is 5.75. The largest absolute Gasteiger partial charge is 0.392 e. The van der Waals surface area contributed by atoms with Gasteiger partial charge in [0, 0.05) is 5.57 Å². The normalized spacial score (nSPS) is 9.10. The van der Waals surface area contributed by atoms with Crippen molar-refractivity contribution in [2.24, 2.45) is 0 Å². The Balaban J connectivity index is 4.35. The molecule has 0 unspecified atom stereocenters. The summed E-state index contributed by atoms with van der Waals surface area (Å²) in [4.78, 5) is 9.93. The van der Waals surface area contributed by atoms with Gasteiger partial charge in [-0.15, -0.1) is 0 Å². The Labute approximate surface area is 58.4 Å². The minimum absolute atomic E-state index is 0.0787. The fraction of sp³-hybridized carbons (Fsp3) is 0.500. The van der Waals surface area contributed by atoms with Crippen LogP contribution in [-0.4, -0.2) is 41.4 Å². The Morgan fingerprint density at radius 1 is 1.10 bits per heavy atom.